The van der Waals surface area contributed by atoms with Gasteiger partial charge in [-0.3, -0.25) is 15.3 Å². The van der Waals surface area contributed by atoms with Gasteiger partial charge in [-0.2, -0.15) is 5.10 Å². The van der Waals surface area contributed by atoms with Crippen LogP contribution >= 0.6 is 0 Å². The molecule has 1 aliphatic carbocycles. The monoisotopic (exact) mass is 481 g/mol. The number of ether oxygens (including phenoxy) is 1. The first-order chi connectivity index (χ1) is 17.6. The first-order valence-corrected chi connectivity index (χ1v) is 12.1. The van der Waals surface area contributed by atoms with Crippen LogP contribution in [0.5, 0.6) is 0 Å². The molecule has 2 aromatic heterocycles. The third-order valence-corrected chi connectivity index (χ3v) is 6.88. The van der Waals surface area contributed by atoms with E-state index >= 15 is 0 Å². The Hall–Kier alpha value is -4.24. The van der Waals surface area contributed by atoms with Gasteiger partial charge in [-0.25, -0.2) is 14.8 Å². The molecule has 4 heterocycles. The molecule has 9 nitrogen and oxygen atoms in total. The van der Waals surface area contributed by atoms with Gasteiger partial charge in [0.1, 0.15) is 12.9 Å². The Bertz CT molecular complexity index is 1390. The number of nitrogens with zero attached hydrogens (tertiary/aromatic N) is 4. The van der Waals surface area contributed by atoms with E-state index in [1.807, 2.05) is 60.8 Å². The number of allylic oxidation sites excluding steroid dienone is 4. The Labute approximate surface area is 209 Å². The first-order valence-electron chi connectivity index (χ1n) is 12.1. The van der Waals surface area contributed by atoms with Crippen molar-refractivity contribution in [3.8, 4) is 11.3 Å². The second-order valence-corrected chi connectivity index (χ2v) is 9.39. The summed E-state index contributed by atoms with van der Waals surface area (Å²) in [6, 6.07) is 11.4. The zero-order valence-electron chi connectivity index (χ0n) is 20.0. The Morgan fingerprint density at radius 1 is 1.22 bits per heavy atom. The number of urea groups is 1. The summed E-state index contributed by atoms with van der Waals surface area (Å²) < 4.78 is 6.18. The molecule has 2 amide bonds. The molecule has 2 aliphatic heterocycles. The van der Waals surface area contributed by atoms with Crippen molar-refractivity contribution in [3.63, 3.8) is 0 Å². The van der Waals surface area contributed by atoms with Gasteiger partial charge in [0.05, 0.1) is 22.8 Å². The molecule has 1 aromatic carbocycles. The number of aromatic amines is 1. The van der Waals surface area contributed by atoms with E-state index in [0.717, 1.165) is 53.6 Å². The van der Waals surface area contributed by atoms with Gasteiger partial charge in [0.2, 0.25) is 0 Å². The summed E-state index contributed by atoms with van der Waals surface area (Å²) >= 11 is 0. The molecule has 0 radical (unpaired) electrons. The maximum atomic E-state index is 13.1. The normalized spacial score (nSPS) is 20.3. The van der Waals surface area contributed by atoms with Gasteiger partial charge in [0, 0.05) is 41.9 Å². The average Bonchev–Trinajstić information content (AvgIpc) is 3.51. The summed E-state index contributed by atoms with van der Waals surface area (Å²) in [5.41, 5.74) is 5.59. The second-order valence-electron chi connectivity index (χ2n) is 9.39. The summed E-state index contributed by atoms with van der Waals surface area (Å²) in [6.07, 6.45) is 10.9. The maximum Gasteiger partial charge on any atom is 0.331 e. The highest BCUT2D eigenvalue weighted by molar-refractivity contribution is 5.91. The fourth-order valence-corrected chi connectivity index (χ4v) is 4.93. The number of carbonyl (C=O) groups is 1. The summed E-state index contributed by atoms with van der Waals surface area (Å²) in [5, 5.41) is 13.5. The van der Waals surface area contributed by atoms with Gasteiger partial charge in [-0.05, 0) is 30.7 Å². The van der Waals surface area contributed by atoms with Gasteiger partial charge in [0.25, 0.3) is 0 Å². The number of amides is 2. The quantitative estimate of drug-likeness (QED) is 0.502. The molecule has 182 valence electrons. The number of carbonyl (C=O) groups excluding carboxylic acids is 1. The minimum atomic E-state index is -0.336. The molecule has 0 saturated heterocycles. The molecule has 0 bridgehead atoms. The fourth-order valence-electron chi connectivity index (χ4n) is 4.93. The third kappa shape index (κ3) is 4.18. The maximum absolute atomic E-state index is 13.1. The highest BCUT2D eigenvalue weighted by Gasteiger charge is 2.40. The number of hydrogen-bond donors (Lipinski definition) is 3. The van der Waals surface area contributed by atoms with E-state index < -0.39 is 0 Å². The van der Waals surface area contributed by atoms with Crippen LogP contribution in [0, 0.1) is 5.41 Å². The lowest BCUT2D eigenvalue weighted by atomic mass is 9.81. The highest BCUT2D eigenvalue weighted by Crippen LogP contribution is 2.45. The highest BCUT2D eigenvalue weighted by atomic mass is 16.5. The third-order valence-electron chi connectivity index (χ3n) is 6.88. The molecule has 1 unspecified atom stereocenters. The Morgan fingerprint density at radius 2 is 2.11 bits per heavy atom. The van der Waals surface area contributed by atoms with Gasteiger partial charge in [0.15, 0.2) is 5.82 Å². The van der Waals surface area contributed by atoms with Gasteiger partial charge in [-0.1, -0.05) is 43.3 Å². The van der Waals surface area contributed by atoms with Crippen molar-refractivity contribution >= 4 is 11.8 Å². The summed E-state index contributed by atoms with van der Waals surface area (Å²) in [4.78, 5) is 23.6. The van der Waals surface area contributed by atoms with Crippen LogP contribution < -0.4 is 10.6 Å². The molecule has 3 aliphatic rings. The van der Waals surface area contributed by atoms with Crippen LogP contribution in [-0.2, 0) is 24.3 Å². The van der Waals surface area contributed by atoms with Crippen LogP contribution in [0.25, 0.3) is 11.3 Å². The van der Waals surface area contributed by atoms with Crippen LogP contribution in [0.3, 0.4) is 0 Å². The molecule has 1 atom stereocenters. The Kier molecular flexibility index (Phi) is 5.61. The lowest BCUT2D eigenvalue weighted by molar-refractivity contribution is 0.166. The van der Waals surface area contributed by atoms with Crippen molar-refractivity contribution < 1.29 is 9.53 Å². The summed E-state index contributed by atoms with van der Waals surface area (Å²) in [7, 11) is 0. The predicted octanol–water partition coefficient (Wildman–Crippen LogP) is 4.27. The SMILES string of the molecule is CC12C=CN(C(=O)Nc3cc(-c4ccccc4)[nH]n3)C1=CC=C(OCc1ncnc3c1CCNC3)C2. The number of rotatable bonds is 5. The lowest BCUT2D eigenvalue weighted by Gasteiger charge is -2.32. The van der Waals surface area contributed by atoms with E-state index in [1.54, 1.807) is 11.2 Å². The molecule has 9 heteroatoms. The number of nitrogens with one attached hydrogen (secondary N) is 3. The zero-order chi connectivity index (χ0) is 24.5. The van der Waals surface area contributed by atoms with Crippen molar-refractivity contribution in [2.75, 3.05) is 11.9 Å². The number of H-pyrrole nitrogens is 1. The first kappa shape index (κ1) is 22.2. The molecular weight excluding hydrogens is 454 g/mol. The van der Waals surface area contributed by atoms with E-state index in [-0.39, 0.29) is 11.4 Å². The second kappa shape index (κ2) is 9.09. The largest absolute Gasteiger partial charge is 0.492 e. The molecule has 0 spiro atoms. The number of fused-ring (bicyclic) bond motifs is 2. The van der Waals surface area contributed by atoms with Gasteiger partial charge in [-0.15, -0.1) is 0 Å². The molecular formula is C27H27N7O2. The van der Waals surface area contributed by atoms with E-state index in [0.29, 0.717) is 18.8 Å². The van der Waals surface area contributed by atoms with Crippen LogP contribution in [0.4, 0.5) is 10.6 Å². The summed E-state index contributed by atoms with van der Waals surface area (Å²) in [5.74, 6) is 1.34. The smallest absolute Gasteiger partial charge is 0.331 e. The van der Waals surface area contributed by atoms with Gasteiger partial charge >= 0.3 is 6.03 Å². The minimum Gasteiger partial charge on any atom is -0.492 e. The summed E-state index contributed by atoms with van der Waals surface area (Å²) in [6.45, 7) is 4.22. The number of aromatic nitrogens is 4. The van der Waals surface area contributed by atoms with Crippen molar-refractivity contribution in [1.29, 1.82) is 0 Å². The number of benzene rings is 1. The van der Waals surface area contributed by atoms with Crippen LogP contribution in [0.1, 0.15) is 30.3 Å². The van der Waals surface area contributed by atoms with Crippen molar-refractivity contribution in [2.45, 2.75) is 32.9 Å². The zero-order valence-corrected chi connectivity index (χ0v) is 20.0. The van der Waals surface area contributed by atoms with E-state index in [2.05, 4.69) is 37.7 Å². The molecule has 0 saturated carbocycles. The molecule has 36 heavy (non-hydrogen) atoms. The minimum absolute atomic E-state index is 0.258. The van der Waals surface area contributed by atoms with Crippen molar-refractivity contribution in [2.24, 2.45) is 5.41 Å². The van der Waals surface area contributed by atoms with Crippen molar-refractivity contribution in [3.05, 3.63) is 95.6 Å². The van der Waals surface area contributed by atoms with Crippen LogP contribution in [-0.4, -0.2) is 37.6 Å². The molecule has 3 N–H and O–H groups in total. The van der Waals surface area contributed by atoms with Crippen LogP contribution in [0.2, 0.25) is 0 Å². The van der Waals surface area contributed by atoms with Gasteiger partial charge < -0.3 is 10.1 Å². The molecule has 3 aromatic rings. The van der Waals surface area contributed by atoms with Crippen molar-refractivity contribution in [1.82, 2.24) is 30.4 Å². The molecule has 6 rings (SSSR count). The topological polar surface area (TPSA) is 108 Å². The van der Waals surface area contributed by atoms with Crippen LogP contribution in [0.15, 0.2) is 78.6 Å². The number of anilines is 1. The van der Waals surface area contributed by atoms with E-state index in [9.17, 15) is 4.79 Å². The van der Waals surface area contributed by atoms with E-state index in [1.165, 1.54) is 5.56 Å². The average molecular weight is 482 g/mol. The number of hydrogen-bond acceptors (Lipinski definition) is 6. The Balaban J connectivity index is 1.13. The predicted molar refractivity (Wildman–Crippen MR) is 135 cm³/mol. The molecule has 0 fully saturated rings. The lowest BCUT2D eigenvalue weighted by Crippen LogP contribution is -2.33. The Morgan fingerprint density at radius 3 is 3.00 bits per heavy atom. The standard InChI is InChI=1S/C27H27N7O2/c1-27-10-12-34(26(35)31-25-13-21(32-33-25)18-5-3-2-4-6-18)24(27)8-7-19(14-27)36-16-23-20-9-11-28-15-22(20)29-17-30-23/h2-8,10,12-13,17,28H,9,11,14-16H2,1H3,(H2,31,32,33,35). The van der Waals surface area contributed by atoms with E-state index in [4.69, 9.17) is 4.74 Å². The fraction of sp³-hybridized carbons (Fsp3) is 0.259.